The molecule has 154 valence electrons. The highest BCUT2D eigenvalue weighted by Crippen LogP contribution is 2.26. The SMILES string of the molecule is CCOc1ccccc1C(=O)NC1N=CC2=CN(C(=O)c3sccc3Cl)CCC2=N1. The second-order valence-electron chi connectivity index (χ2n) is 6.56. The Morgan fingerprint density at radius 3 is 2.93 bits per heavy atom. The number of aliphatic imine (C=N–C) groups is 2. The Hall–Kier alpha value is -2.97. The summed E-state index contributed by atoms with van der Waals surface area (Å²) in [5.41, 5.74) is 1.99. The Labute approximate surface area is 182 Å². The fraction of sp³-hybridized carbons (Fsp3) is 0.238. The number of allylic oxidation sites excluding steroid dienone is 1. The number of amides is 2. The van der Waals surface area contributed by atoms with Crippen molar-refractivity contribution in [2.75, 3.05) is 13.2 Å². The van der Waals surface area contributed by atoms with Gasteiger partial charge in [0.05, 0.1) is 22.9 Å². The lowest BCUT2D eigenvalue weighted by Gasteiger charge is -2.27. The van der Waals surface area contributed by atoms with Gasteiger partial charge in [-0.25, -0.2) is 9.98 Å². The topological polar surface area (TPSA) is 83.4 Å². The second-order valence-corrected chi connectivity index (χ2v) is 7.88. The van der Waals surface area contributed by atoms with Gasteiger partial charge >= 0.3 is 0 Å². The van der Waals surface area contributed by atoms with Crippen molar-refractivity contribution < 1.29 is 14.3 Å². The van der Waals surface area contributed by atoms with Crippen molar-refractivity contribution >= 4 is 46.7 Å². The third kappa shape index (κ3) is 4.15. The number of carbonyl (C=O) groups is 2. The highest BCUT2D eigenvalue weighted by molar-refractivity contribution is 7.12. The largest absolute Gasteiger partial charge is 0.493 e. The van der Waals surface area contributed by atoms with E-state index in [2.05, 4.69) is 15.3 Å². The van der Waals surface area contributed by atoms with Crippen molar-refractivity contribution in [1.29, 1.82) is 0 Å². The van der Waals surface area contributed by atoms with Gasteiger partial charge in [-0.3, -0.25) is 9.59 Å². The zero-order chi connectivity index (χ0) is 21.1. The molecule has 9 heteroatoms. The first-order chi connectivity index (χ1) is 14.6. The Morgan fingerprint density at radius 2 is 2.17 bits per heavy atom. The van der Waals surface area contributed by atoms with Crippen LogP contribution < -0.4 is 10.1 Å². The summed E-state index contributed by atoms with van der Waals surface area (Å²) in [5.74, 6) is 0.0698. The van der Waals surface area contributed by atoms with Crippen LogP contribution in [0.3, 0.4) is 0 Å². The molecule has 2 amide bonds. The lowest BCUT2D eigenvalue weighted by molar-refractivity contribution is 0.0827. The van der Waals surface area contributed by atoms with Gasteiger partial charge in [-0.2, -0.15) is 0 Å². The van der Waals surface area contributed by atoms with Gasteiger partial charge in [0.15, 0.2) is 0 Å². The molecule has 1 aromatic heterocycles. The van der Waals surface area contributed by atoms with Gasteiger partial charge < -0.3 is 15.0 Å². The summed E-state index contributed by atoms with van der Waals surface area (Å²) in [5, 5.41) is 5.05. The average Bonchev–Trinajstić information content (AvgIpc) is 3.19. The van der Waals surface area contributed by atoms with Crippen LogP contribution in [0.25, 0.3) is 0 Å². The molecule has 0 saturated heterocycles. The zero-order valence-corrected chi connectivity index (χ0v) is 17.7. The number of para-hydroxylation sites is 1. The third-order valence-electron chi connectivity index (χ3n) is 4.61. The molecule has 2 aliphatic heterocycles. The van der Waals surface area contributed by atoms with Crippen LogP contribution in [0.5, 0.6) is 5.75 Å². The van der Waals surface area contributed by atoms with Gasteiger partial charge in [0.25, 0.3) is 11.8 Å². The molecule has 2 aromatic rings. The number of nitrogens with one attached hydrogen (secondary N) is 1. The number of hydrogen-bond donors (Lipinski definition) is 1. The third-order valence-corrected chi connectivity index (χ3v) is 5.94. The van der Waals surface area contributed by atoms with Crippen molar-refractivity contribution in [3.63, 3.8) is 0 Å². The monoisotopic (exact) mass is 442 g/mol. The summed E-state index contributed by atoms with van der Waals surface area (Å²) in [4.78, 5) is 36.3. The number of fused-ring (bicyclic) bond motifs is 1. The molecule has 1 unspecified atom stereocenters. The van der Waals surface area contributed by atoms with Gasteiger partial charge in [-0.15, -0.1) is 11.3 Å². The number of hydrogen-bond acceptors (Lipinski definition) is 6. The van der Waals surface area contributed by atoms with Crippen LogP contribution in [0.2, 0.25) is 5.02 Å². The first kappa shape index (κ1) is 20.3. The Bertz CT molecular complexity index is 1080. The molecule has 0 saturated carbocycles. The lowest BCUT2D eigenvalue weighted by Crippen LogP contribution is -2.38. The van der Waals surface area contributed by atoms with E-state index in [0.29, 0.717) is 40.8 Å². The summed E-state index contributed by atoms with van der Waals surface area (Å²) in [6.45, 7) is 2.81. The molecule has 7 nitrogen and oxygen atoms in total. The van der Waals surface area contributed by atoms with E-state index in [4.69, 9.17) is 16.3 Å². The molecular weight excluding hydrogens is 424 g/mol. The fourth-order valence-electron chi connectivity index (χ4n) is 3.19. The molecule has 4 rings (SSSR count). The normalized spacial score (nSPS) is 17.7. The minimum absolute atomic E-state index is 0.141. The van der Waals surface area contributed by atoms with E-state index < -0.39 is 6.29 Å². The minimum atomic E-state index is -0.715. The molecule has 1 atom stereocenters. The fourth-order valence-corrected chi connectivity index (χ4v) is 4.28. The van der Waals surface area contributed by atoms with Crippen molar-refractivity contribution in [3.05, 3.63) is 62.9 Å². The van der Waals surface area contributed by atoms with Crippen LogP contribution in [-0.4, -0.2) is 48.1 Å². The van der Waals surface area contributed by atoms with E-state index in [1.165, 1.54) is 11.3 Å². The quantitative estimate of drug-likeness (QED) is 0.765. The maximum Gasteiger partial charge on any atom is 0.269 e. The van der Waals surface area contributed by atoms with Crippen molar-refractivity contribution in [1.82, 2.24) is 10.2 Å². The van der Waals surface area contributed by atoms with Crippen LogP contribution in [0.1, 0.15) is 33.4 Å². The molecule has 0 spiro atoms. The van der Waals surface area contributed by atoms with Crippen molar-refractivity contribution in [2.45, 2.75) is 19.6 Å². The summed E-state index contributed by atoms with van der Waals surface area (Å²) in [7, 11) is 0. The molecule has 0 radical (unpaired) electrons. The molecule has 0 aliphatic carbocycles. The summed E-state index contributed by atoms with van der Waals surface area (Å²) < 4.78 is 5.52. The molecule has 0 fully saturated rings. The first-order valence-electron chi connectivity index (χ1n) is 9.45. The van der Waals surface area contributed by atoms with Crippen LogP contribution in [0.15, 0.2) is 57.5 Å². The highest BCUT2D eigenvalue weighted by Gasteiger charge is 2.26. The van der Waals surface area contributed by atoms with Gasteiger partial charge in [0, 0.05) is 31.0 Å². The maximum absolute atomic E-state index is 12.7. The minimum Gasteiger partial charge on any atom is -0.493 e. The Kier molecular flexibility index (Phi) is 5.96. The van der Waals surface area contributed by atoms with Gasteiger partial charge in [0.1, 0.15) is 10.6 Å². The van der Waals surface area contributed by atoms with Crippen LogP contribution in [0.4, 0.5) is 0 Å². The molecule has 2 aliphatic rings. The van der Waals surface area contributed by atoms with Gasteiger partial charge in [0.2, 0.25) is 6.29 Å². The Morgan fingerprint density at radius 1 is 1.33 bits per heavy atom. The predicted molar refractivity (Wildman–Crippen MR) is 118 cm³/mol. The molecule has 1 N–H and O–H groups in total. The number of rotatable bonds is 5. The van der Waals surface area contributed by atoms with Crippen LogP contribution in [-0.2, 0) is 0 Å². The van der Waals surface area contributed by atoms with E-state index in [0.717, 1.165) is 11.3 Å². The molecule has 0 bridgehead atoms. The lowest BCUT2D eigenvalue weighted by atomic mass is 10.0. The molecule has 3 heterocycles. The molecular formula is C21H19ClN4O3S. The number of thiophene rings is 1. The summed E-state index contributed by atoms with van der Waals surface area (Å²) in [6.07, 6.45) is 3.21. The maximum atomic E-state index is 12.7. The van der Waals surface area contributed by atoms with Crippen molar-refractivity contribution in [3.8, 4) is 5.75 Å². The molecule has 1 aromatic carbocycles. The summed E-state index contributed by atoms with van der Waals surface area (Å²) in [6, 6.07) is 8.76. The van der Waals surface area contributed by atoms with Crippen LogP contribution in [0, 0.1) is 0 Å². The smallest absolute Gasteiger partial charge is 0.269 e. The zero-order valence-electron chi connectivity index (χ0n) is 16.2. The van der Waals surface area contributed by atoms with Crippen molar-refractivity contribution in [2.24, 2.45) is 9.98 Å². The first-order valence-corrected chi connectivity index (χ1v) is 10.7. The second kappa shape index (κ2) is 8.81. The average molecular weight is 443 g/mol. The van der Waals surface area contributed by atoms with E-state index in [1.807, 2.05) is 13.0 Å². The van der Waals surface area contributed by atoms with E-state index >= 15 is 0 Å². The Balaban J connectivity index is 1.46. The number of benzene rings is 1. The molecule has 30 heavy (non-hydrogen) atoms. The number of nitrogens with zero attached hydrogens (tertiary/aromatic N) is 3. The van der Waals surface area contributed by atoms with E-state index in [1.54, 1.807) is 47.0 Å². The number of halogens is 1. The summed E-state index contributed by atoms with van der Waals surface area (Å²) >= 11 is 7.40. The highest BCUT2D eigenvalue weighted by atomic mass is 35.5. The van der Waals surface area contributed by atoms with Gasteiger partial charge in [-0.05, 0) is 30.5 Å². The standard InChI is InChI=1S/C21H19ClN4O3S/c1-2-29-17-6-4-3-5-14(17)19(27)25-21-23-11-13-12-26(9-7-16(13)24-21)20(28)18-15(22)8-10-30-18/h3-6,8,10-12,21H,2,7,9H2,1H3,(H,25,27). The number of carbonyl (C=O) groups excluding carboxylic acids is 2. The predicted octanol–water partition coefficient (Wildman–Crippen LogP) is 3.77. The number of ether oxygens (including phenoxy) is 1. The van der Waals surface area contributed by atoms with E-state index in [-0.39, 0.29) is 11.8 Å². The van der Waals surface area contributed by atoms with E-state index in [9.17, 15) is 9.59 Å². The van der Waals surface area contributed by atoms with Crippen LogP contribution >= 0.6 is 22.9 Å². The van der Waals surface area contributed by atoms with Gasteiger partial charge in [-0.1, -0.05) is 23.7 Å².